The molecule has 0 heterocycles. The van der Waals surface area contributed by atoms with Gasteiger partial charge in [-0.15, -0.1) is 0 Å². The lowest BCUT2D eigenvalue weighted by Crippen LogP contribution is -2.29. The van der Waals surface area contributed by atoms with E-state index in [4.69, 9.17) is 36.4 Å². The molecule has 8 nitrogen and oxygen atoms in total. The van der Waals surface area contributed by atoms with E-state index in [2.05, 4.69) is 0 Å². The van der Waals surface area contributed by atoms with Gasteiger partial charge in [0, 0.05) is 0 Å². The Kier molecular flexibility index (Phi) is 10.3. The monoisotopic (exact) mass is 236 g/mol. The van der Waals surface area contributed by atoms with Crippen molar-refractivity contribution in [3.05, 3.63) is 0 Å². The number of hydrogen-bond acceptors (Lipinski definition) is 5. The van der Waals surface area contributed by atoms with E-state index in [-0.39, 0.29) is 0 Å². The maximum absolute atomic E-state index is 10.1. The largest absolute Gasteiger partial charge is 0.480 e. The van der Waals surface area contributed by atoms with Crippen LogP contribution in [0.1, 0.15) is 19.3 Å². The molecule has 1 atom stereocenters. The van der Waals surface area contributed by atoms with Crippen LogP contribution in [0.4, 0.5) is 0 Å². The zero-order valence-electron chi connectivity index (χ0n) is 8.63. The summed E-state index contributed by atoms with van der Waals surface area (Å²) in [5.41, 5.74) is 10.4. The number of rotatable bonds is 5. The SMILES string of the molecule is NCCCCC(N)C(=O)O.O=C(O)C(=O)O. The molecule has 0 saturated heterocycles. The summed E-state index contributed by atoms with van der Waals surface area (Å²) in [5.74, 6) is -4.58. The van der Waals surface area contributed by atoms with Crippen molar-refractivity contribution < 1.29 is 29.7 Å². The minimum atomic E-state index is -1.82. The van der Waals surface area contributed by atoms with Crippen molar-refractivity contribution >= 4 is 17.9 Å². The third-order valence-corrected chi connectivity index (χ3v) is 1.47. The molecule has 0 rings (SSSR count). The summed E-state index contributed by atoms with van der Waals surface area (Å²) in [5, 5.41) is 23.1. The van der Waals surface area contributed by atoms with Gasteiger partial charge in [0.2, 0.25) is 0 Å². The second kappa shape index (κ2) is 9.87. The molecule has 0 aromatic carbocycles. The highest BCUT2D eigenvalue weighted by atomic mass is 16.4. The van der Waals surface area contributed by atoms with Crippen LogP contribution in [0.3, 0.4) is 0 Å². The molecule has 0 aromatic heterocycles. The quantitative estimate of drug-likeness (QED) is 0.289. The van der Waals surface area contributed by atoms with Gasteiger partial charge in [-0.2, -0.15) is 0 Å². The minimum absolute atomic E-state index is 0.520. The summed E-state index contributed by atoms with van der Waals surface area (Å²) >= 11 is 0. The maximum Gasteiger partial charge on any atom is 0.414 e. The molecule has 16 heavy (non-hydrogen) atoms. The van der Waals surface area contributed by atoms with Gasteiger partial charge in [0.15, 0.2) is 0 Å². The summed E-state index contributed by atoms with van der Waals surface area (Å²) in [6, 6.07) is -0.716. The topological polar surface area (TPSA) is 164 Å². The number of carboxylic acids is 3. The fraction of sp³-hybridized carbons (Fsp3) is 0.625. The Hall–Kier alpha value is -1.67. The Morgan fingerprint density at radius 3 is 1.69 bits per heavy atom. The first-order valence-corrected chi connectivity index (χ1v) is 4.47. The van der Waals surface area contributed by atoms with Crippen LogP contribution >= 0.6 is 0 Å². The predicted molar refractivity (Wildman–Crippen MR) is 53.8 cm³/mol. The molecule has 0 spiro atoms. The van der Waals surface area contributed by atoms with Crippen LogP contribution in [-0.2, 0) is 14.4 Å². The zero-order chi connectivity index (χ0) is 13.1. The second-order valence-corrected chi connectivity index (χ2v) is 2.84. The van der Waals surface area contributed by atoms with Gasteiger partial charge >= 0.3 is 17.9 Å². The van der Waals surface area contributed by atoms with Gasteiger partial charge < -0.3 is 26.8 Å². The smallest absolute Gasteiger partial charge is 0.414 e. The third kappa shape index (κ3) is 12.3. The summed E-state index contributed by atoms with van der Waals surface area (Å²) in [4.78, 5) is 28.3. The van der Waals surface area contributed by atoms with Gasteiger partial charge in [0.25, 0.3) is 0 Å². The normalized spacial score (nSPS) is 10.9. The molecule has 0 fully saturated rings. The molecule has 0 amide bonds. The van der Waals surface area contributed by atoms with Crippen LogP contribution in [0.25, 0.3) is 0 Å². The van der Waals surface area contributed by atoms with Crippen molar-refractivity contribution in [1.82, 2.24) is 0 Å². The highest BCUT2D eigenvalue weighted by Crippen LogP contribution is 1.96. The number of carbonyl (C=O) groups is 3. The lowest BCUT2D eigenvalue weighted by molar-refractivity contribution is -0.159. The fourth-order valence-electron chi connectivity index (χ4n) is 0.632. The second-order valence-electron chi connectivity index (χ2n) is 2.84. The average Bonchev–Trinajstić information content (AvgIpc) is 2.18. The van der Waals surface area contributed by atoms with Crippen LogP contribution in [0.2, 0.25) is 0 Å². The summed E-state index contributed by atoms with van der Waals surface area (Å²) in [6.45, 7) is 0.604. The van der Waals surface area contributed by atoms with Crippen molar-refractivity contribution in [3.8, 4) is 0 Å². The first-order valence-electron chi connectivity index (χ1n) is 4.47. The van der Waals surface area contributed by atoms with Crippen molar-refractivity contribution in [2.24, 2.45) is 11.5 Å². The molecule has 1 unspecified atom stereocenters. The van der Waals surface area contributed by atoms with Gasteiger partial charge in [-0.1, -0.05) is 6.42 Å². The number of aliphatic carboxylic acids is 3. The van der Waals surface area contributed by atoms with Gasteiger partial charge in [-0.3, -0.25) is 4.79 Å². The first kappa shape index (κ1) is 16.7. The van der Waals surface area contributed by atoms with Crippen LogP contribution in [-0.4, -0.2) is 45.8 Å². The van der Waals surface area contributed by atoms with E-state index in [0.717, 1.165) is 12.8 Å². The molecule has 0 aromatic rings. The molecule has 0 saturated carbocycles. The van der Waals surface area contributed by atoms with Gasteiger partial charge in [0.05, 0.1) is 0 Å². The van der Waals surface area contributed by atoms with Crippen molar-refractivity contribution in [1.29, 1.82) is 0 Å². The molecule has 0 aliphatic carbocycles. The molecule has 8 heteroatoms. The molecular weight excluding hydrogens is 220 g/mol. The minimum Gasteiger partial charge on any atom is -0.480 e. The maximum atomic E-state index is 10.1. The van der Waals surface area contributed by atoms with Crippen molar-refractivity contribution in [2.75, 3.05) is 6.54 Å². The zero-order valence-corrected chi connectivity index (χ0v) is 8.63. The van der Waals surface area contributed by atoms with Crippen LogP contribution in [0, 0.1) is 0 Å². The lowest BCUT2D eigenvalue weighted by Gasteiger charge is -2.03. The number of nitrogens with two attached hydrogens (primary N) is 2. The average molecular weight is 236 g/mol. The van der Waals surface area contributed by atoms with E-state index in [1.165, 1.54) is 0 Å². The van der Waals surface area contributed by atoms with E-state index in [9.17, 15) is 4.79 Å². The Balaban J connectivity index is 0. The van der Waals surface area contributed by atoms with Crippen molar-refractivity contribution in [2.45, 2.75) is 25.3 Å². The standard InChI is InChI=1S/C6H14N2O2.C2H2O4/c7-4-2-1-3-5(8)6(9)10;3-1(4)2(5)6/h5H,1-4,7-8H2,(H,9,10);(H,3,4)(H,5,6). The van der Waals surface area contributed by atoms with Crippen LogP contribution in [0.5, 0.6) is 0 Å². The van der Waals surface area contributed by atoms with E-state index >= 15 is 0 Å². The Labute approximate surface area is 91.8 Å². The van der Waals surface area contributed by atoms with Gasteiger partial charge in [-0.25, -0.2) is 9.59 Å². The summed E-state index contributed by atoms with van der Waals surface area (Å²) in [6.07, 6.45) is 2.16. The van der Waals surface area contributed by atoms with Crippen LogP contribution in [0.15, 0.2) is 0 Å². The Morgan fingerprint density at radius 2 is 1.44 bits per heavy atom. The number of unbranched alkanes of at least 4 members (excludes halogenated alkanes) is 1. The van der Waals surface area contributed by atoms with E-state index in [0.29, 0.717) is 13.0 Å². The fourth-order valence-corrected chi connectivity index (χ4v) is 0.632. The summed E-state index contributed by atoms with van der Waals surface area (Å²) < 4.78 is 0. The molecule has 0 aliphatic heterocycles. The van der Waals surface area contributed by atoms with E-state index in [1.54, 1.807) is 0 Å². The molecule has 7 N–H and O–H groups in total. The molecular formula is C8H16N2O6. The third-order valence-electron chi connectivity index (χ3n) is 1.47. The molecule has 0 radical (unpaired) electrons. The first-order chi connectivity index (χ1) is 7.32. The van der Waals surface area contributed by atoms with Gasteiger partial charge in [0.1, 0.15) is 6.04 Å². The number of carboxylic acid groups (broad SMARTS) is 3. The molecule has 0 bridgehead atoms. The molecule has 94 valence electrons. The van der Waals surface area contributed by atoms with Gasteiger partial charge in [-0.05, 0) is 19.4 Å². The van der Waals surface area contributed by atoms with Crippen molar-refractivity contribution in [3.63, 3.8) is 0 Å². The number of hydrogen-bond donors (Lipinski definition) is 5. The highest BCUT2D eigenvalue weighted by Gasteiger charge is 2.09. The van der Waals surface area contributed by atoms with E-state index in [1.807, 2.05) is 0 Å². The van der Waals surface area contributed by atoms with E-state index < -0.39 is 23.9 Å². The molecule has 0 aliphatic rings. The van der Waals surface area contributed by atoms with Crippen LogP contribution < -0.4 is 11.5 Å². The summed E-state index contributed by atoms with van der Waals surface area (Å²) in [7, 11) is 0. The lowest BCUT2D eigenvalue weighted by atomic mass is 10.1. The Morgan fingerprint density at radius 1 is 1.00 bits per heavy atom. The predicted octanol–water partition coefficient (Wildman–Crippen LogP) is -1.32. The highest BCUT2D eigenvalue weighted by molar-refractivity contribution is 6.27. The Bertz CT molecular complexity index is 231.